The van der Waals surface area contributed by atoms with Crippen LogP contribution in [0.2, 0.25) is 0 Å². The third-order valence-corrected chi connectivity index (χ3v) is 3.42. The molecule has 15 heavy (non-hydrogen) atoms. The van der Waals surface area contributed by atoms with E-state index in [0.717, 1.165) is 0 Å². The molecule has 0 heterocycles. The fourth-order valence-electron chi connectivity index (χ4n) is 2.43. The van der Waals surface area contributed by atoms with Crippen LogP contribution in [0.3, 0.4) is 0 Å². The van der Waals surface area contributed by atoms with Crippen LogP contribution >= 0.6 is 0 Å². The summed E-state index contributed by atoms with van der Waals surface area (Å²) in [5, 5.41) is 12.5. The molecule has 0 bridgehead atoms. The van der Waals surface area contributed by atoms with Gasteiger partial charge in [0, 0.05) is 12.6 Å². The Balaban J connectivity index is 2.38. The van der Waals surface area contributed by atoms with Gasteiger partial charge in [0.25, 0.3) is 0 Å². The Morgan fingerprint density at radius 3 is 2.47 bits per heavy atom. The first kappa shape index (κ1) is 12.5. The molecule has 3 unspecified atom stereocenters. The SMILES string of the molecule is CC1CCCC(C)C1NCC(O)C(N)=O. The molecule has 1 aliphatic rings. The van der Waals surface area contributed by atoms with Gasteiger partial charge in [0.1, 0.15) is 6.10 Å². The van der Waals surface area contributed by atoms with E-state index in [1.165, 1.54) is 19.3 Å². The maximum atomic E-state index is 10.7. The van der Waals surface area contributed by atoms with E-state index in [1.807, 2.05) is 0 Å². The van der Waals surface area contributed by atoms with E-state index < -0.39 is 12.0 Å². The molecule has 0 spiro atoms. The molecular weight excluding hydrogens is 192 g/mol. The van der Waals surface area contributed by atoms with Crippen molar-refractivity contribution in [2.75, 3.05) is 6.54 Å². The van der Waals surface area contributed by atoms with Gasteiger partial charge in [-0.3, -0.25) is 4.79 Å². The maximum absolute atomic E-state index is 10.7. The first-order valence-corrected chi connectivity index (χ1v) is 5.73. The smallest absolute Gasteiger partial charge is 0.247 e. The van der Waals surface area contributed by atoms with Crippen molar-refractivity contribution in [1.29, 1.82) is 0 Å². The van der Waals surface area contributed by atoms with Gasteiger partial charge in [-0.2, -0.15) is 0 Å². The van der Waals surface area contributed by atoms with Crippen molar-refractivity contribution in [3.63, 3.8) is 0 Å². The number of carbonyl (C=O) groups is 1. The average Bonchev–Trinajstić information content (AvgIpc) is 2.16. The largest absolute Gasteiger partial charge is 0.382 e. The van der Waals surface area contributed by atoms with Gasteiger partial charge in [0.15, 0.2) is 0 Å². The molecule has 4 heteroatoms. The summed E-state index contributed by atoms with van der Waals surface area (Å²) in [6.45, 7) is 4.70. The Morgan fingerprint density at radius 2 is 2.00 bits per heavy atom. The van der Waals surface area contributed by atoms with Gasteiger partial charge in [-0.25, -0.2) is 0 Å². The molecule has 0 aromatic rings. The van der Waals surface area contributed by atoms with Gasteiger partial charge in [0.05, 0.1) is 0 Å². The van der Waals surface area contributed by atoms with Gasteiger partial charge in [-0.1, -0.05) is 20.3 Å². The monoisotopic (exact) mass is 214 g/mol. The van der Waals surface area contributed by atoms with E-state index in [9.17, 15) is 9.90 Å². The molecule has 1 saturated carbocycles. The van der Waals surface area contributed by atoms with Crippen LogP contribution in [0, 0.1) is 11.8 Å². The van der Waals surface area contributed by atoms with Crippen molar-refractivity contribution in [1.82, 2.24) is 5.32 Å². The van der Waals surface area contributed by atoms with Crippen LogP contribution in [0.4, 0.5) is 0 Å². The van der Waals surface area contributed by atoms with Crippen molar-refractivity contribution >= 4 is 5.91 Å². The first-order valence-electron chi connectivity index (χ1n) is 5.73. The Bertz CT molecular complexity index is 211. The van der Waals surface area contributed by atoms with E-state index in [0.29, 0.717) is 17.9 Å². The predicted octanol–water partition coefficient (Wildman–Crippen LogP) is 0.247. The number of primary amides is 1. The molecule has 88 valence electrons. The third kappa shape index (κ3) is 3.47. The number of aliphatic hydroxyl groups excluding tert-OH is 1. The van der Waals surface area contributed by atoms with Gasteiger partial charge in [0.2, 0.25) is 5.91 Å². The standard InChI is InChI=1S/C11H22N2O2/c1-7-4-3-5-8(2)10(7)13-6-9(14)11(12)15/h7-10,13-14H,3-6H2,1-2H3,(H2,12,15). The normalized spacial score (nSPS) is 33.7. The second-order valence-corrected chi connectivity index (χ2v) is 4.74. The van der Waals surface area contributed by atoms with Crippen LogP contribution in [0.25, 0.3) is 0 Å². The topological polar surface area (TPSA) is 75.3 Å². The average molecular weight is 214 g/mol. The van der Waals surface area contributed by atoms with Crippen molar-refractivity contribution in [3.05, 3.63) is 0 Å². The summed E-state index contributed by atoms with van der Waals surface area (Å²) in [5.41, 5.74) is 4.99. The molecule has 1 fully saturated rings. The quantitative estimate of drug-likeness (QED) is 0.628. The second kappa shape index (κ2) is 5.47. The second-order valence-electron chi connectivity index (χ2n) is 4.74. The highest BCUT2D eigenvalue weighted by atomic mass is 16.3. The Labute approximate surface area is 91.2 Å². The van der Waals surface area contributed by atoms with Gasteiger partial charge < -0.3 is 16.2 Å². The lowest BCUT2D eigenvalue weighted by Gasteiger charge is -2.35. The summed E-state index contributed by atoms with van der Waals surface area (Å²) in [7, 11) is 0. The zero-order valence-corrected chi connectivity index (χ0v) is 9.57. The van der Waals surface area contributed by atoms with E-state index in [-0.39, 0.29) is 6.54 Å². The zero-order valence-electron chi connectivity index (χ0n) is 9.57. The molecule has 0 aliphatic heterocycles. The highest BCUT2D eigenvalue weighted by molar-refractivity contribution is 5.78. The van der Waals surface area contributed by atoms with E-state index in [2.05, 4.69) is 19.2 Å². The number of amides is 1. The maximum Gasteiger partial charge on any atom is 0.247 e. The lowest BCUT2D eigenvalue weighted by molar-refractivity contribution is -0.125. The number of nitrogens with one attached hydrogen (secondary N) is 1. The number of aliphatic hydroxyl groups is 1. The van der Waals surface area contributed by atoms with Gasteiger partial charge in [-0.05, 0) is 24.7 Å². The van der Waals surface area contributed by atoms with E-state index in [1.54, 1.807) is 0 Å². The predicted molar refractivity (Wildman–Crippen MR) is 59.2 cm³/mol. The fourth-order valence-corrected chi connectivity index (χ4v) is 2.43. The van der Waals surface area contributed by atoms with Crippen molar-refractivity contribution < 1.29 is 9.90 Å². The minimum absolute atomic E-state index is 0.272. The molecule has 3 atom stereocenters. The zero-order chi connectivity index (χ0) is 11.4. The minimum Gasteiger partial charge on any atom is -0.382 e. The Morgan fingerprint density at radius 1 is 1.47 bits per heavy atom. The van der Waals surface area contributed by atoms with Crippen molar-refractivity contribution in [2.24, 2.45) is 17.6 Å². The van der Waals surface area contributed by atoms with Crippen molar-refractivity contribution in [3.8, 4) is 0 Å². The fraction of sp³-hybridized carbons (Fsp3) is 0.909. The van der Waals surface area contributed by atoms with Crippen LogP contribution < -0.4 is 11.1 Å². The summed E-state index contributed by atoms with van der Waals surface area (Å²) in [4.78, 5) is 10.7. The summed E-state index contributed by atoms with van der Waals surface area (Å²) in [6.07, 6.45) is 2.65. The number of rotatable bonds is 4. The lowest BCUT2D eigenvalue weighted by atomic mass is 9.78. The molecule has 1 amide bonds. The molecule has 4 N–H and O–H groups in total. The molecular formula is C11H22N2O2. The van der Waals surface area contributed by atoms with Gasteiger partial charge >= 0.3 is 0 Å². The summed E-state index contributed by atoms with van der Waals surface area (Å²) in [5.74, 6) is 0.557. The van der Waals surface area contributed by atoms with Crippen LogP contribution in [-0.2, 0) is 4.79 Å². The Hall–Kier alpha value is -0.610. The van der Waals surface area contributed by atoms with Gasteiger partial charge in [-0.15, -0.1) is 0 Å². The Kier molecular flexibility index (Phi) is 4.54. The minimum atomic E-state index is -1.06. The van der Waals surface area contributed by atoms with Crippen molar-refractivity contribution in [2.45, 2.75) is 45.3 Å². The molecule has 0 saturated heterocycles. The number of hydrogen-bond donors (Lipinski definition) is 3. The van der Waals surface area contributed by atoms with Crippen LogP contribution in [0.5, 0.6) is 0 Å². The number of nitrogens with two attached hydrogens (primary N) is 1. The van der Waals surface area contributed by atoms with E-state index >= 15 is 0 Å². The van der Waals surface area contributed by atoms with E-state index in [4.69, 9.17) is 5.73 Å². The highest BCUT2D eigenvalue weighted by Gasteiger charge is 2.27. The van der Waals surface area contributed by atoms with Crippen LogP contribution in [-0.4, -0.2) is 29.7 Å². The third-order valence-electron chi connectivity index (χ3n) is 3.42. The summed E-state index contributed by atoms with van der Waals surface area (Å²) < 4.78 is 0. The molecule has 1 aliphatic carbocycles. The molecule has 4 nitrogen and oxygen atoms in total. The molecule has 0 aromatic carbocycles. The number of carbonyl (C=O) groups excluding carboxylic acids is 1. The molecule has 0 aromatic heterocycles. The molecule has 1 rings (SSSR count). The van der Waals surface area contributed by atoms with Crippen LogP contribution in [0.15, 0.2) is 0 Å². The summed E-state index contributed by atoms with van der Waals surface area (Å²) in [6, 6.07) is 0.396. The molecule has 0 radical (unpaired) electrons. The first-order chi connectivity index (χ1) is 7.02. The number of hydrogen-bond acceptors (Lipinski definition) is 3. The van der Waals surface area contributed by atoms with Crippen LogP contribution in [0.1, 0.15) is 33.1 Å². The lowest BCUT2D eigenvalue weighted by Crippen LogP contribution is -2.48. The summed E-state index contributed by atoms with van der Waals surface area (Å²) >= 11 is 0. The highest BCUT2D eigenvalue weighted by Crippen LogP contribution is 2.28.